The van der Waals surface area contributed by atoms with Gasteiger partial charge in [-0.15, -0.1) is 11.3 Å². The van der Waals surface area contributed by atoms with Gasteiger partial charge in [0.05, 0.1) is 4.88 Å². The smallest absolute Gasteiger partial charge is 0.122 e. The highest BCUT2D eigenvalue weighted by molar-refractivity contribution is 7.12. The van der Waals surface area contributed by atoms with Crippen LogP contribution in [0.4, 0.5) is 0 Å². The number of thiophene rings is 1. The zero-order chi connectivity index (χ0) is 12.8. The predicted molar refractivity (Wildman–Crippen MR) is 73.8 cm³/mol. The minimum atomic E-state index is -0.104. The quantitative estimate of drug-likeness (QED) is 0.858. The molecule has 1 aromatic heterocycles. The number of ether oxygens (including phenoxy) is 1. The number of hydrogen-bond donors (Lipinski definition) is 1. The second-order valence-corrected chi connectivity index (χ2v) is 5.00. The van der Waals surface area contributed by atoms with Crippen LogP contribution < -0.4 is 4.74 Å². The van der Waals surface area contributed by atoms with Gasteiger partial charge in [-0.2, -0.15) is 0 Å². The molecule has 0 aliphatic heterocycles. The summed E-state index contributed by atoms with van der Waals surface area (Å²) in [5.41, 5.74) is 1.22. The van der Waals surface area contributed by atoms with E-state index in [2.05, 4.69) is 18.8 Å². The molecule has 0 radical (unpaired) electrons. The van der Waals surface area contributed by atoms with Gasteiger partial charge in [-0.25, -0.2) is 0 Å². The second-order valence-electron chi connectivity index (χ2n) is 3.83. The van der Waals surface area contributed by atoms with E-state index in [1.54, 1.807) is 11.3 Å². The van der Waals surface area contributed by atoms with Crippen molar-refractivity contribution < 1.29 is 9.84 Å². The van der Waals surface area contributed by atoms with Crippen molar-refractivity contribution in [3.05, 3.63) is 51.7 Å². The highest BCUT2D eigenvalue weighted by Gasteiger charge is 1.99. The largest absolute Gasteiger partial charge is 0.488 e. The number of rotatable bonds is 3. The summed E-state index contributed by atoms with van der Waals surface area (Å²) in [5.74, 6) is 6.39. The van der Waals surface area contributed by atoms with E-state index in [4.69, 9.17) is 9.84 Å². The topological polar surface area (TPSA) is 29.5 Å². The molecule has 2 nitrogen and oxygen atoms in total. The maximum absolute atomic E-state index is 8.62. The van der Waals surface area contributed by atoms with E-state index in [1.807, 2.05) is 36.4 Å². The molecule has 0 aliphatic rings. The fourth-order valence-electron chi connectivity index (χ4n) is 1.44. The van der Waals surface area contributed by atoms with Crippen LogP contribution in [-0.2, 0) is 6.61 Å². The SMILES string of the molecule is Cc1ccc(OCc2ccc(C#CCO)s2)cc1. The van der Waals surface area contributed by atoms with Crippen LogP contribution in [0, 0.1) is 18.8 Å². The maximum atomic E-state index is 8.62. The molecular weight excluding hydrogens is 244 g/mol. The Hall–Kier alpha value is -1.76. The molecule has 0 saturated carbocycles. The fraction of sp³-hybridized carbons (Fsp3) is 0.200. The number of hydrogen-bond acceptors (Lipinski definition) is 3. The molecule has 0 unspecified atom stereocenters. The maximum Gasteiger partial charge on any atom is 0.122 e. The van der Waals surface area contributed by atoms with Crippen molar-refractivity contribution in [2.45, 2.75) is 13.5 Å². The van der Waals surface area contributed by atoms with Crippen LogP contribution in [0.1, 0.15) is 15.3 Å². The van der Waals surface area contributed by atoms with Crippen molar-refractivity contribution in [1.29, 1.82) is 0 Å². The monoisotopic (exact) mass is 258 g/mol. The normalized spacial score (nSPS) is 9.67. The van der Waals surface area contributed by atoms with Crippen LogP contribution in [0.15, 0.2) is 36.4 Å². The molecule has 2 aromatic rings. The Morgan fingerprint density at radius 3 is 2.67 bits per heavy atom. The molecule has 0 amide bonds. The summed E-state index contributed by atoms with van der Waals surface area (Å²) in [4.78, 5) is 2.07. The minimum Gasteiger partial charge on any atom is -0.488 e. The molecule has 0 saturated heterocycles. The first-order valence-corrected chi connectivity index (χ1v) is 6.47. The Balaban J connectivity index is 1.94. The van der Waals surface area contributed by atoms with Gasteiger partial charge >= 0.3 is 0 Å². The van der Waals surface area contributed by atoms with Crippen molar-refractivity contribution in [2.24, 2.45) is 0 Å². The van der Waals surface area contributed by atoms with E-state index in [1.165, 1.54) is 5.56 Å². The highest BCUT2D eigenvalue weighted by atomic mass is 32.1. The summed E-state index contributed by atoms with van der Waals surface area (Å²) in [6, 6.07) is 11.9. The first kappa shape index (κ1) is 12.7. The van der Waals surface area contributed by atoms with E-state index in [-0.39, 0.29) is 6.61 Å². The van der Waals surface area contributed by atoms with Crippen molar-refractivity contribution >= 4 is 11.3 Å². The fourth-order valence-corrected chi connectivity index (χ4v) is 2.23. The molecule has 92 valence electrons. The van der Waals surface area contributed by atoms with Crippen LogP contribution in [-0.4, -0.2) is 11.7 Å². The lowest BCUT2D eigenvalue weighted by Gasteiger charge is -2.04. The van der Waals surface area contributed by atoms with Gasteiger partial charge in [0.15, 0.2) is 0 Å². The van der Waals surface area contributed by atoms with Crippen molar-refractivity contribution in [2.75, 3.05) is 6.61 Å². The lowest BCUT2D eigenvalue weighted by molar-refractivity contribution is 0.310. The lowest BCUT2D eigenvalue weighted by atomic mass is 10.2. The first-order valence-electron chi connectivity index (χ1n) is 5.66. The van der Waals surface area contributed by atoms with Gasteiger partial charge in [-0.3, -0.25) is 0 Å². The van der Waals surface area contributed by atoms with E-state index in [9.17, 15) is 0 Å². The molecule has 18 heavy (non-hydrogen) atoms. The van der Waals surface area contributed by atoms with Gasteiger partial charge in [-0.05, 0) is 31.2 Å². The predicted octanol–water partition coefficient (Wildman–Crippen LogP) is 2.98. The van der Waals surface area contributed by atoms with Gasteiger partial charge in [0.2, 0.25) is 0 Å². The number of benzene rings is 1. The zero-order valence-corrected chi connectivity index (χ0v) is 11.0. The Kier molecular flexibility index (Phi) is 4.40. The molecular formula is C15H14O2S. The summed E-state index contributed by atoms with van der Waals surface area (Å²) in [7, 11) is 0. The summed E-state index contributed by atoms with van der Waals surface area (Å²) < 4.78 is 5.68. The van der Waals surface area contributed by atoms with Crippen LogP contribution in [0.5, 0.6) is 5.75 Å². The third kappa shape index (κ3) is 3.63. The molecule has 0 atom stereocenters. The molecule has 1 N–H and O–H groups in total. The summed E-state index contributed by atoms with van der Waals surface area (Å²) in [6.45, 7) is 2.50. The van der Waals surface area contributed by atoms with Gasteiger partial charge in [0, 0.05) is 4.88 Å². The molecule has 0 spiro atoms. The van der Waals surface area contributed by atoms with Crippen LogP contribution in [0.2, 0.25) is 0 Å². The Morgan fingerprint density at radius 1 is 1.17 bits per heavy atom. The van der Waals surface area contributed by atoms with Crippen LogP contribution >= 0.6 is 11.3 Å². The molecule has 1 aromatic carbocycles. The number of aryl methyl sites for hydroxylation is 1. The minimum absolute atomic E-state index is 0.104. The molecule has 0 bridgehead atoms. The van der Waals surface area contributed by atoms with Crippen LogP contribution in [0.25, 0.3) is 0 Å². The molecule has 0 fully saturated rings. The van der Waals surface area contributed by atoms with Crippen molar-refractivity contribution in [1.82, 2.24) is 0 Å². The van der Waals surface area contributed by atoms with E-state index >= 15 is 0 Å². The second kappa shape index (κ2) is 6.25. The zero-order valence-electron chi connectivity index (χ0n) is 10.1. The third-order valence-electron chi connectivity index (χ3n) is 2.35. The van der Waals surface area contributed by atoms with Gasteiger partial charge in [0.25, 0.3) is 0 Å². The number of aliphatic hydroxyl groups is 1. The van der Waals surface area contributed by atoms with Gasteiger partial charge < -0.3 is 9.84 Å². The van der Waals surface area contributed by atoms with E-state index < -0.39 is 0 Å². The highest BCUT2D eigenvalue weighted by Crippen LogP contribution is 2.19. The molecule has 1 heterocycles. The summed E-state index contributed by atoms with van der Waals surface area (Å²) >= 11 is 1.59. The summed E-state index contributed by atoms with van der Waals surface area (Å²) in [5, 5.41) is 8.62. The Bertz CT molecular complexity index is 558. The van der Waals surface area contributed by atoms with Gasteiger partial charge in [-0.1, -0.05) is 29.5 Å². The van der Waals surface area contributed by atoms with E-state index in [0.717, 1.165) is 15.5 Å². The Morgan fingerprint density at radius 2 is 1.94 bits per heavy atom. The summed E-state index contributed by atoms with van der Waals surface area (Å²) in [6.07, 6.45) is 0. The molecule has 0 aliphatic carbocycles. The average molecular weight is 258 g/mol. The Labute approximate surface area is 111 Å². The van der Waals surface area contributed by atoms with Crippen molar-refractivity contribution in [3.63, 3.8) is 0 Å². The lowest BCUT2D eigenvalue weighted by Crippen LogP contribution is -1.92. The average Bonchev–Trinajstić information content (AvgIpc) is 2.84. The third-order valence-corrected chi connectivity index (χ3v) is 3.33. The van der Waals surface area contributed by atoms with E-state index in [0.29, 0.717) is 6.61 Å². The van der Waals surface area contributed by atoms with Crippen LogP contribution in [0.3, 0.4) is 0 Å². The first-order chi connectivity index (χ1) is 8.78. The molecule has 3 heteroatoms. The molecule has 2 rings (SSSR count). The number of aliphatic hydroxyl groups excluding tert-OH is 1. The van der Waals surface area contributed by atoms with Gasteiger partial charge in [0.1, 0.15) is 19.0 Å². The van der Waals surface area contributed by atoms with Crippen molar-refractivity contribution in [3.8, 4) is 17.6 Å². The standard InChI is InChI=1S/C15H14O2S/c1-12-4-6-13(7-5-12)17-11-15-9-8-14(18-15)3-2-10-16/h4-9,16H,10-11H2,1H3.